The molecule has 0 spiro atoms. The van der Waals surface area contributed by atoms with Crippen LogP contribution in [-0.4, -0.2) is 34.1 Å². The zero-order valence-corrected chi connectivity index (χ0v) is 13.3. The molecule has 0 saturated heterocycles. The van der Waals surface area contributed by atoms with E-state index >= 15 is 0 Å². The van der Waals surface area contributed by atoms with Crippen molar-refractivity contribution in [2.45, 2.75) is 26.3 Å². The maximum absolute atomic E-state index is 12.1. The van der Waals surface area contributed by atoms with Crippen LogP contribution in [0.2, 0.25) is 0 Å². The molecule has 19 heavy (non-hydrogen) atoms. The summed E-state index contributed by atoms with van der Waals surface area (Å²) in [5, 5.41) is 11.9. The summed E-state index contributed by atoms with van der Waals surface area (Å²) in [6, 6.07) is 6.88. The molecule has 104 valence electrons. The van der Waals surface area contributed by atoms with Crippen molar-refractivity contribution in [2.75, 3.05) is 11.9 Å². The van der Waals surface area contributed by atoms with Gasteiger partial charge in [0.1, 0.15) is 5.54 Å². The third-order valence-corrected chi connectivity index (χ3v) is 3.57. The molecule has 2 amide bonds. The summed E-state index contributed by atoms with van der Waals surface area (Å²) < 4.78 is 1.06. The number of amides is 2. The number of nitrogens with one attached hydrogen (secondary N) is 1. The van der Waals surface area contributed by atoms with Gasteiger partial charge in [0.25, 0.3) is 0 Å². The van der Waals surface area contributed by atoms with Crippen LogP contribution in [0.3, 0.4) is 0 Å². The van der Waals surface area contributed by atoms with E-state index in [-0.39, 0.29) is 0 Å². The maximum Gasteiger partial charge on any atom is 0.329 e. The number of nitrogens with zero attached hydrogens (tertiary/aromatic N) is 1. The Bertz CT molecular complexity index is 471. The van der Waals surface area contributed by atoms with Gasteiger partial charge in [-0.2, -0.15) is 0 Å². The summed E-state index contributed by atoms with van der Waals surface area (Å²) in [5.41, 5.74) is -0.604. The first-order valence-electron chi connectivity index (χ1n) is 5.86. The maximum atomic E-state index is 12.1. The Labute approximate surface area is 126 Å². The number of carbonyl (C=O) groups is 2. The quantitative estimate of drug-likeness (QED) is 0.794. The van der Waals surface area contributed by atoms with Gasteiger partial charge in [-0.3, -0.25) is 0 Å². The molecule has 1 rings (SSSR count). The van der Waals surface area contributed by atoms with E-state index in [2.05, 4.69) is 27.9 Å². The number of urea groups is 1. The van der Waals surface area contributed by atoms with Gasteiger partial charge in [-0.1, -0.05) is 0 Å². The molecule has 0 aromatic heterocycles. The van der Waals surface area contributed by atoms with Gasteiger partial charge in [-0.15, -0.1) is 0 Å². The summed E-state index contributed by atoms with van der Waals surface area (Å²) in [6.45, 7) is 5.08. The number of hydrogen-bond acceptors (Lipinski definition) is 2. The Balaban J connectivity index is 2.86. The predicted octanol–water partition coefficient (Wildman–Crippen LogP) is 3.01. The van der Waals surface area contributed by atoms with E-state index in [1.807, 2.05) is 12.1 Å². The molecular formula is C13H17IN2O3. The number of carbonyl (C=O) groups excluding carboxylic acids is 1. The summed E-state index contributed by atoms with van der Waals surface area (Å²) >= 11 is 2.17. The third-order valence-electron chi connectivity index (χ3n) is 2.86. The van der Waals surface area contributed by atoms with Gasteiger partial charge in [0.15, 0.2) is 0 Å². The van der Waals surface area contributed by atoms with E-state index in [1.54, 1.807) is 19.1 Å². The molecule has 0 heterocycles. The average molecular weight is 376 g/mol. The van der Waals surface area contributed by atoms with Crippen LogP contribution in [0, 0.1) is 3.57 Å². The molecule has 5 nitrogen and oxygen atoms in total. The topological polar surface area (TPSA) is 69.6 Å². The van der Waals surface area contributed by atoms with Gasteiger partial charge in [0.05, 0.1) is 0 Å². The molecule has 1 aromatic carbocycles. The van der Waals surface area contributed by atoms with Gasteiger partial charge in [-0.05, 0) is 67.6 Å². The molecular weight excluding hydrogens is 359 g/mol. The van der Waals surface area contributed by atoms with Gasteiger partial charge in [0.2, 0.25) is 0 Å². The number of anilines is 1. The number of aliphatic carboxylic acids is 1. The van der Waals surface area contributed by atoms with Gasteiger partial charge in [0, 0.05) is 15.8 Å². The van der Waals surface area contributed by atoms with Gasteiger partial charge < -0.3 is 15.3 Å². The van der Waals surface area contributed by atoms with Crippen LogP contribution >= 0.6 is 22.6 Å². The van der Waals surface area contributed by atoms with Gasteiger partial charge >= 0.3 is 12.0 Å². The van der Waals surface area contributed by atoms with Gasteiger partial charge in [-0.25, -0.2) is 9.59 Å². The Kier molecular flexibility index (Phi) is 5.16. The van der Waals surface area contributed by atoms with Crippen molar-refractivity contribution >= 4 is 40.3 Å². The van der Waals surface area contributed by atoms with Crippen LogP contribution in [0.4, 0.5) is 10.5 Å². The Morgan fingerprint density at radius 2 is 1.84 bits per heavy atom. The number of hydrogen-bond donors (Lipinski definition) is 2. The fourth-order valence-corrected chi connectivity index (χ4v) is 1.99. The normalized spacial score (nSPS) is 10.9. The highest BCUT2D eigenvalue weighted by atomic mass is 127. The number of halogens is 1. The van der Waals surface area contributed by atoms with E-state index in [0.717, 1.165) is 3.57 Å². The fraction of sp³-hybridized carbons (Fsp3) is 0.385. The molecule has 2 N–H and O–H groups in total. The van der Waals surface area contributed by atoms with Crippen molar-refractivity contribution in [1.82, 2.24) is 4.90 Å². The lowest BCUT2D eigenvalue weighted by molar-refractivity contribution is -0.147. The molecule has 0 bridgehead atoms. The van der Waals surface area contributed by atoms with E-state index in [4.69, 9.17) is 0 Å². The number of likely N-dealkylation sites (N-methyl/N-ethyl adjacent to an activating group) is 1. The van der Waals surface area contributed by atoms with Crippen molar-refractivity contribution in [3.63, 3.8) is 0 Å². The van der Waals surface area contributed by atoms with E-state index in [9.17, 15) is 14.7 Å². The predicted molar refractivity (Wildman–Crippen MR) is 82.3 cm³/mol. The largest absolute Gasteiger partial charge is 0.480 e. The highest BCUT2D eigenvalue weighted by molar-refractivity contribution is 14.1. The number of benzene rings is 1. The van der Waals surface area contributed by atoms with Crippen LogP contribution in [0.15, 0.2) is 24.3 Å². The first-order valence-corrected chi connectivity index (χ1v) is 6.94. The molecule has 0 saturated carbocycles. The van der Waals surface area contributed by atoms with Crippen molar-refractivity contribution in [2.24, 2.45) is 0 Å². The van der Waals surface area contributed by atoms with Crippen molar-refractivity contribution in [3.05, 3.63) is 27.8 Å². The molecule has 0 aliphatic carbocycles. The SMILES string of the molecule is CCN(C(=O)Nc1ccc(I)cc1)C(C)(C)C(=O)O. The second-order valence-electron chi connectivity index (χ2n) is 4.55. The first-order chi connectivity index (χ1) is 8.78. The van der Waals surface area contributed by atoms with Crippen LogP contribution in [0.5, 0.6) is 0 Å². The second-order valence-corrected chi connectivity index (χ2v) is 5.79. The third kappa shape index (κ3) is 3.82. The smallest absolute Gasteiger partial charge is 0.329 e. The molecule has 6 heteroatoms. The molecule has 0 radical (unpaired) electrons. The Hall–Kier alpha value is -1.31. The average Bonchev–Trinajstić information content (AvgIpc) is 2.32. The molecule has 0 aliphatic heterocycles. The Morgan fingerprint density at radius 1 is 1.32 bits per heavy atom. The zero-order chi connectivity index (χ0) is 14.6. The highest BCUT2D eigenvalue weighted by Gasteiger charge is 2.36. The summed E-state index contributed by atoms with van der Waals surface area (Å²) in [4.78, 5) is 24.6. The van der Waals surface area contributed by atoms with Crippen molar-refractivity contribution < 1.29 is 14.7 Å². The zero-order valence-electron chi connectivity index (χ0n) is 11.1. The van der Waals surface area contributed by atoms with E-state index in [1.165, 1.54) is 18.7 Å². The molecule has 0 atom stereocenters. The number of rotatable bonds is 4. The minimum atomic E-state index is -1.25. The molecule has 0 unspecified atom stereocenters. The van der Waals surface area contributed by atoms with Crippen LogP contribution in [-0.2, 0) is 4.79 Å². The van der Waals surface area contributed by atoms with Crippen molar-refractivity contribution in [3.8, 4) is 0 Å². The van der Waals surface area contributed by atoms with Crippen LogP contribution in [0.1, 0.15) is 20.8 Å². The highest BCUT2D eigenvalue weighted by Crippen LogP contribution is 2.17. The van der Waals surface area contributed by atoms with Crippen LogP contribution < -0.4 is 5.32 Å². The lowest BCUT2D eigenvalue weighted by Gasteiger charge is -2.34. The summed E-state index contributed by atoms with van der Waals surface area (Å²) in [6.07, 6.45) is 0. The number of carboxylic acid groups (broad SMARTS) is 1. The summed E-state index contributed by atoms with van der Waals surface area (Å²) in [5.74, 6) is -1.04. The van der Waals surface area contributed by atoms with E-state index < -0.39 is 17.5 Å². The van der Waals surface area contributed by atoms with E-state index in [0.29, 0.717) is 12.2 Å². The fourth-order valence-electron chi connectivity index (χ4n) is 1.63. The standard InChI is InChI=1S/C13H17IN2O3/c1-4-16(13(2,3)11(17)18)12(19)15-10-7-5-9(14)6-8-10/h5-8H,4H2,1-3H3,(H,15,19)(H,17,18). The summed E-state index contributed by atoms with van der Waals surface area (Å²) in [7, 11) is 0. The van der Waals surface area contributed by atoms with Crippen molar-refractivity contribution in [1.29, 1.82) is 0 Å². The first kappa shape index (κ1) is 15.7. The minimum absolute atomic E-state index is 0.315. The Morgan fingerprint density at radius 3 is 2.26 bits per heavy atom. The minimum Gasteiger partial charge on any atom is -0.480 e. The molecule has 0 fully saturated rings. The monoisotopic (exact) mass is 376 g/mol. The molecule has 0 aliphatic rings. The lowest BCUT2D eigenvalue weighted by Crippen LogP contribution is -2.54. The van der Waals surface area contributed by atoms with Crippen LogP contribution in [0.25, 0.3) is 0 Å². The second kappa shape index (κ2) is 6.23. The number of carboxylic acids is 1. The molecule has 1 aromatic rings. The lowest BCUT2D eigenvalue weighted by atomic mass is 10.0.